The van der Waals surface area contributed by atoms with Crippen LogP contribution in [-0.4, -0.2) is 46.9 Å². The first-order chi connectivity index (χ1) is 11.6. The number of fused-ring (bicyclic) bond motifs is 2. The summed E-state index contributed by atoms with van der Waals surface area (Å²) in [6, 6.07) is 0. The van der Waals surface area contributed by atoms with Crippen LogP contribution >= 0.6 is 0 Å². The van der Waals surface area contributed by atoms with Gasteiger partial charge in [0.05, 0.1) is 11.7 Å². The maximum absolute atomic E-state index is 15.4. The molecule has 2 bridgehead atoms. The summed E-state index contributed by atoms with van der Waals surface area (Å²) in [6.45, 7) is 6.01. The number of aliphatic hydroxyl groups is 1. The fraction of sp³-hybridized carbons (Fsp3) is 1.00. The molecule has 0 radical (unpaired) electrons. The van der Waals surface area contributed by atoms with E-state index >= 15 is 4.39 Å². The third-order valence-corrected chi connectivity index (χ3v) is 7.33. The van der Waals surface area contributed by atoms with E-state index in [9.17, 15) is 22.5 Å². The molecule has 7 unspecified atom stereocenters. The van der Waals surface area contributed by atoms with Crippen molar-refractivity contribution in [3.63, 3.8) is 0 Å². The summed E-state index contributed by atoms with van der Waals surface area (Å²) in [6.07, 6.45) is 0.134. The Morgan fingerprint density at radius 2 is 1.69 bits per heavy atom. The van der Waals surface area contributed by atoms with Crippen LogP contribution in [0.4, 0.5) is 8.78 Å². The molecule has 0 aromatic carbocycles. The van der Waals surface area contributed by atoms with Crippen LogP contribution in [0.3, 0.4) is 0 Å². The quantitative estimate of drug-likeness (QED) is 0.504. The summed E-state index contributed by atoms with van der Waals surface area (Å²) in [7, 11) is -5.21. The highest BCUT2D eigenvalue weighted by Crippen LogP contribution is 2.58. The van der Waals surface area contributed by atoms with Crippen molar-refractivity contribution >= 4 is 10.1 Å². The van der Waals surface area contributed by atoms with E-state index in [2.05, 4.69) is 0 Å². The van der Waals surface area contributed by atoms with Gasteiger partial charge in [0.2, 0.25) is 0 Å². The maximum Gasteiger partial charge on any atom is 0.303 e. The minimum absolute atomic E-state index is 0.124. The highest BCUT2D eigenvalue weighted by molar-refractivity contribution is 7.87. The standard InChI is InChI=1S/C17H30F2O6S/c1-6-17(19,26(21,22)23)16(5,18)12-8-11-7-10(12)9-13(11)24-14(20)25-15(2,3)4/h10-14,20H,6-9H2,1-5H3,(H,21,22,23). The van der Waals surface area contributed by atoms with Gasteiger partial charge < -0.3 is 14.6 Å². The highest BCUT2D eigenvalue weighted by Gasteiger charge is 2.66. The second-order valence-corrected chi connectivity index (χ2v) is 10.3. The van der Waals surface area contributed by atoms with Gasteiger partial charge in [-0.1, -0.05) is 6.92 Å². The maximum atomic E-state index is 15.4. The number of hydrogen-bond donors (Lipinski definition) is 2. The first kappa shape index (κ1) is 21.9. The second kappa shape index (κ2) is 6.92. The Hall–Kier alpha value is -0.350. The number of rotatable bonds is 7. The van der Waals surface area contributed by atoms with E-state index in [1.165, 1.54) is 6.92 Å². The minimum Gasteiger partial charge on any atom is -0.346 e. The van der Waals surface area contributed by atoms with Gasteiger partial charge in [-0.3, -0.25) is 4.55 Å². The van der Waals surface area contributed by atoms with Crippen LogP contribution in [0.2, 0.25) is 0 Å². The van der Waals surface area contributed by atoms with Crippen molar-refractivity contribution in [3.05, 3.63) is 0 Å². The van der Waals surface area contributed by atoms with Crippen molar-refractivity contribution < 1.29 is 36.3 Å². The van der Waals surface area contributed by atoms with Gasteiger partial charge in [0.1, 0.15) is 0 Å². The number of hydrogen-bond acceptors (Lipinski definition) is 5. The molecule has 2 fully saturated rings. The summed E-state index contributed by atoms with van der Waals surface area (Å²) >= 11 is 0. The molecule has 26 heavy (non-hydrogen) atoms. The molecular formula is C17H30F2O6S. The Kier molecular flexibility index (Phi) is 5.84. The Labute approximate surface area is 154 Å². The Morgan fingerprint density at radius 3 is 2.08 bits per heavy atom. The van der Waals surface area contributed by atoms with Gasteiger partial charge in [0, 0.05) is 5.92 Å². The van der Waals surface area contributed by atoms with E-state index in [1.54, 1.807) is 20.8 Å². The number of aliphatic hydroxyl groups excluding tert-OH is 1. The molecule has 0 saturated heterocycles. The van der Waals surface area contributed by atoms with Gasteiger partial charge in [-0.2, -0.15) is 8.42 Å². The number of alkyl halides is 2. The van der Waals surface area contributed by atoms with E-state index in [0.29, 0.717) is 12.8 Å². The van der Waals surface area contributed by atoms with Crippen LogP contribution in [0.1, 0.15) is 60.3 Å². The summed E-state index contributed by atoms with van der Waals surface area (Å²) < 4.78 is 73.4. The van der Waals surface area contributed by atoms with E-state index in [-0.39, 0.29) is 24.4 Å². The summed E-state index contributed by atoms with van der Waals surface area (Å²) in [5.74, 6) is -1.26. The van der Waals surface area contributed by atoms with Gasteiger partial charge >= 0.3 is 10.1 Å². The molecule has 0 heterocycles. The van der Waals surface area contributed by atoms with Crippen molar-refractivity contribution in [2.24, 2.45) is 17.8 Å². The van der Waals surface area contributed by atoms with E-state index in [1.807, 2.05) is 0 Å². The third-order valence-electron chi connectivity index (χ3n) is 5.83. The van der Waals surface area contributed by atoms with Gasteiger partial charge in [-0.15, -0.1) is 0 Å². The van der Waals surface area contributed by atoms with Crippen LogP contribution < -0.4 is 0 Å². The predicted octanol–water partition coefficient (Wildman–Crippen LogP) is 3.20. The zero-order valence-corrected chi connectivity index (χ0v) is 16.7. The molecule has 7 atom stereocenters. The molecule has 2 saturated carbocycles. The largest absolute Gasteiger partial charge is 0.346 e. The molecule has 2 aliphatic rings. The molecular weight excluding hydrogens is 370 g/mol. The van der Waals surface area contributed by atoms with Crippen LogP contribution in [0.5, 0.6) is 0 Å². The molecule has 0 aliphatic heterocycles. The first-order valence-electron chi connectivity index (χ1n) is 8.98. The lowest BCUT2D eigenvalue weighted by Crippen LogP contribution is -2.56. The first-order valence-corrected chi connectivity index (χ1v) is 10.4. The molecule has 2 rings (SSSR count). The average molecular weight is 400 g/mol. The molecule has 9 heteroatoms. The lowest BCUT2D eigenvalue weighted by molar-refractivity contribution is -0.318. The molecule has 2 aliphatic carbocycles. The SMILES string of the molecule is CCC(F)(C(C)(F)C1CC2CC1CC2OC(O)OC(C)(C)C)S(=O)(=O)O. The average Bonchev–Trinajstić information content (AvgIpc) is 3.02. The third kappa shape index (κ3) is 3.92. The Balaban J connectivity index is 2.08. The molecule has 0 aromatic rings. The summed E-state index contributed by atoms with van der Waals surface area (Å²) in [5.41, 5.74) is -3.32. The van der Waals surface area contributed by atoms with Crippen molar-refractivity contribution in [2.75, 3.05) is 0 Å². The molecule has 2 N–H and O–H groups in total. The van der Waals surface area contributed by atoms with E-state index in [4.69, 9.17) is 9.47 Å². The molecule has 0 spiro atoms. The van der Waals surface area contributed by atoms with Gasteiger partial charge in [0.25, 0.3) is 11.5 Å². The lowest BCUT2D eigenvalue weighted by atomic mass is 9.74. The van der Waals surface area contributed by atoms with Gasteiger partial charge in [-0.25, -0.2) is 8.78 Å². The van der Waals surface area contributed by atoms with Crippen LogP contribution in [-0.2, 0) is 19.6 Å². The van der Waals surface area contributed by atoms with Crippen LogP contribution in [0.15, 0.2) is 0 Å². The Bertz CT molecular complexity index is 617. The fourth-order valence-corrected chi connectivity index (χ4v) is 5.61. The summed E-state index contributed by atoms with van der Waals surface area (Å²) in [4.78, 5) is 0. The summed E-state index contributed by atoms with van der Waals surface area (Å²) in [5, 5.41) is 6.54. The number of ether oxygens (including phenoxy) is 2. The normalized spacial score (nSPS) is 35.1. The predicted molar refractivity (Wildman–Crippen MR) is 91.2 cm³/mol. The van der Waals surface area contributed by atoms with E-state index < -0.39 is 45.2 Å². The monoisotopic (exact) mass is 400 g/mol. The van der Waals surface area contributed by atoms with Crippen molar-refractivity contribution in [2.45, 2.75) is 89.2 Å². The lowest BCUT2D eigenvalue weighted by Gasteiger charge is -2.42. The van der Waals surface area contributed by atoms with Crippen LogP contribution in [0.25, 0.3) is 0 Å². The van der Waals surface area contributed by atoms with Gasteiger partial charge in [-0.05, 0) is 65.2 Å². The molecule has 154 valence electrons. The number of halogens is 2. The Morgan fingerprint density at radius 1 is 1.12 bits per heavy atom. The smallest absolute Gasteiger partial charge is 0.303 e. The fourth-order valence-electron chi connectivity index (χ4n) is 4.59. The molecule has 0 amide bonds. The van der Waals surface area contributed by atoms with Crippen molar-refractivity contribution in [1.82, 2.24) is 0 Å². The molecule has 6 nitrogen and oxygen atoms in total. The zero-order valence-electron chi connectivity index (χ0n) is 15.9. The van der Waals surface area contributed by atoms with Crippen molar-refractivity contribution in [1.29, 1.82) is 0 Å². The second-order valence-electron chi connectivity index (χ2n) is 8.68. The van der Waals surface area contributed by atoms with Crippen LogP contribution in [0, 0.1) is 17.8 Å². The van der Waals surface area contributed by atoms with Crippen molar-refractivity contribution in [3.8, 4) is 0 Å². The van der Waals surface area contributed by atoms with E-state index in [0.717, 1.165) is 6.92 Å². The molecule has 0 aromatic heterocycles. The topological polar surface area (TPSA) is 93.1 Å². The zero-order chi connectivity index (χ0) is 20.1. The minimum atomic E-state index is -5.21. The highest BCUT2D eigenvalue weighted by atomic mass is 32.2. The van der Waals surface area contributed by atoms with Gasteiger partial charge in [0.15, 0.2) is 5.67 Å².